The van der Waals surface area contributed by atoms with Crippen molar-refractivity contribution in [3.05, 3.63) is 24.3 Å². The maximum Gasteiger partial charge on any atom is 0.306 e. The zero-order valence-corrected chi connectivity index (χ0v) is 54.0. The predicted octanol–water partition coefficient (Wildman–Crippen LogP) is 21.1. The van der Waals surface area contributed by atoms with Gasteiger partial charge in [0.05, 0.1) is 12.5 Å². The fourth-order valence-corrected chi connectivity index (χ4v) is 8.85. The highest BCUT2D eigenvalue weighted by molar-refractivity contribution is 5.70. The molecule has 0 fully saturated rings. The van der Waals surface area contributed by atoms with Crippen LogP contribution >= 0.6 is 0 Å². The molecule has 6 N–H and O–H groups in total. The van der Waals surface area contributed by atoms with Gasteiger partial charge in [-0.05, 0) is 114 Å². The Balaban J connectivity index is -0.000000227. The first kappa shape index (κ1) is 87.0. The molecule has 0 aromatic carbocycles. The number of allylic oxidation sites excluding steroid dienone is 4. The lowest BCUT2D eigenvalue weighted by atomic mass is 10.00. The van der Waals surface area contributed by atoms with Crippen LogP contribution in [0, 0.1) is 23.7 Å². The lowest BCUT2D eigenvalue weighted by Crippen LogP contribution is -2.13. The molecular weight excluding hydrogens is 973 g/mol. The number of carbonyl (C=O) groups excluding carboxylic acids is 1. The largest absolute Gasteiger partial charge is 0.481 e. The lowest BCUT2D eigenvalue weighted by molar-refractivity contribution is -0.145. The predicted molar refractivity (Wildman–Crippen MR) is 341 cm³/mol. The number of unbranched alkanes of at least 4 members (excludes halogenated alkanes) is 27. The second-order valence-corrected chi connectivity index (χ2v) is 22.3. The van der Waals surface area contributed by atoms with Gasteiger partial charge in [-0.2, -0.15) is 0 Å². The van der Waals surface area contributed by atoms with Gasteiger partial charge in [-0.1, -0.05) is 273 Å². The third kappa shape index (κ3) is 80.3. The maximum absolute atomic E-state index is 11.9. The van der Waals surface area contributed by atoms with Crippen LogP contribution in [0.2, 0.25) is 0 Å². The first-order chi connectivity index (χ1) is 37.4. The molecule has 0 radical (unpaired) electrons. The Labute approximate surface area is 486 Å². The highest BCUT2D eigenvalue weighted by atomic mass is 16.5. The molecule has 0 rings (SSSR count). The smallest absolute Gasteiger partial charge is 0.306 e. The average Bonchev–Trinajstić information content (AvgIpc) is 3.43. The SMILES string of the molecule is CCCCC(CC)C(=O)O.CCCCC(CC)CO.CCCCC(CC)CO.CCCCCCCC/C=C\CCCCCCCC(=O)O.CCCCCCCC/C=C\CCCCCCCC(=O)OCC(CC)CCCCC.O. The third-order valence-electron chi connectivity index (χ3n) is 14.9. The molecule has 0 aromatic rings. The van der Waals surface area contributed by atoms with E-state index in [1.807, 2.05) is 6.92 Å². The Hall–Kier alpha value is -2.23. The summed E-state index contributed by atoms with van der Waals surface area (Å²) in [7, 11) is 0. The first-order valence-corrected chi connectivity index (χ1v) is 33.5. The Morgan fingerprint density at radius 1 is 0.359 bits per heavy atom. The van der Waals surface area contributed by atoms with E-state index in [4.69, 9.17) is 25.2 Å². The van der Waals surface area contributed by atoms with E-state index in [1.165, 1.54) is 205 Å². The Morgan fingerprint density at radius 2 is 0.667 bits per heavy atom. The Kier molecular flexibility index (Phi) is 88.1. The summed E-state index contributed by atoms with van der Waals surface area (Å²) in [5, 5.41) is 34.6. The summed E-state index contributed by atoms with van der Waals surface area (Å²) in [4.78, 5) is 32.7. The van der Waals surface area contributed by atoms with Crippen molar-refractivity contribution >= 4 is 17.9 Å². The number of carboxylic acid groups (broad SMARTS) is 2. The average molecular weight is 1110 g/mol. The molecule has 0 saturated heterocycles. The van der Waals surface area contributed by atoms with Crippen molar-refractivity contribution in [1.82, 2.24) is 0 Å². The van der Waals surface area contributed by atoms with E-state index in [2.05, 4.69) is 86.6 Å². The van der Waals surface area contributed by atoms with Crippen LogP contribution in [0.4, 0.5) is 0 Å². The van der Waals surface area contributed by atoms with Gasteiger partial charge in [0.25, 0.3) is 0 Å². The molecule has 0 aliphatic carbocycles. The summed E-state index contributed by atoms with van der Waals surface area (Å²) in [5.74, 6) is 0.268. The molecular formula is C69H140O9. The van der Waals surface area contributed by atoms with Crippen LogP contribution in [-0.2, 0) is 19.1 Å². The van der Waals surface area contributed by atoms with Gasteiger partial charge in [-0.3, -0.25) is 14.4 Å². The van der Waals surface area contributed by atoms with Gasteiger partial charge >= 0.3 is 17.9 Å². The van der Waals surface area contributed by atoms with Crippen LogP contribution in [0.3, 0.4) is 0 Å². The summed E-state index contributed by atoms with van der Waals surface area (Å²) < 4.78 is 5.50. The molecule has 0 aliphatic heterocycles. The fraction of sp³-hybridized carbons (Fsp3) is 0.899. The second-order valence-electron chi connectivity index (χ2n) is 22.3. The van der Waals surface area contributed by atoms with Gasteiger partial charge in [0.15, 0.2) is 0 Å². The van der Waals surface area contributed by atoms with E-state index < -0.39 is 11.9 Å². The number of hydrogen-bond acceptors (Lipinski definition) is 6. The van der Waals surface area contributed by atoms with E-state index in [9.17, 15) is 14.4 Å². The fourth-order valence-electron chi connectivity index (χ4n) is 8.85. The molecule has 78 heavy (non-hydrogen) atoms. The molecule has 9 nitrogen and oxygen atoms in total. The van der Waals surface area contributed by atoms with Crippen molar-refractivity contribution < 1.29 is 45.0 Å². The monoisotopic (exact) mass is 1110 g/mol. The molecule has 470 valence electrons. The number of rotatable bonds is 52. The van der Waals surface area contributed by atoms with Gasteiger partial charge in [0.1, 0.15) is 0 Å². The minimum absolute atomic E-state index is 0. The molecule has 0 aromatic heterocycles. The maximum atomic E-state index is 11.9. The van der Waals surface area contributed by atoms with Crippen molar-refractivity contribution in [3.8, 4) is 0 Å². The molecule has 0 saturated carbocycles. The quantitative estimate of drug-likeness (QED) is 0.0265. The van der Waals surface area contributed by atoms with Gasteiger partial charge < -0.3 is 30.6 Å². The molecule has 0 aliphatic rings. The highest BCUT2D eigenvalue weighted by Crippen LogP contribution is 2.17. The third-order valence-corrected chi connectivity index (χ3v) is 14.9. The van der Waals surface area contributed by atoms with Crippen LogP contribution in [0.5, 0.6) is 0 Å². The Bertz CT molecular complexity index is 1150. The van der Waals surface area contributed by atoms with E-state index in [0.29, 0.717) is 50.4 Å². The number of hydrogen-bond donors (Lipinski definition) is 4. The summed E-state index contributed by atoms with van der Waals surface area (Å²) >= 11 is 0. The van der Waals surface area contributed by atoms with Crippen LogP contribution < -0.4 is 0 Å². The number of carbonyl (C=O) groups is 3. The van der Waals surface area contributed by atoms with Crippen LogP contribution in [0.15, 0.2) is 24.3 Å². The van der Waals surface area contributed by atoms with E-state index in [-0.39, 0.29) is 17.4 Å². The normalized spacial score (nSPS) is 12.4. The lowest BCUT2D eigenvalue weighted by Gasteiger charge is -2.14. The standard InChI is InChI=1S/C27H52O2.C18H34O2.C8H16O2.2C8H18O.H2O/c1-4-7-9-10-11-12-13-14-15-16-17-18-19-20-22-24-27(28)29-25-26(6-3)23-21-8-5-2;1-2-3-4-5-6-7-8-9-10-11-12-13-14-15-16-17-18(19)20;1-3-5-6-7(4-2)8(9)10;2*1-3-5-6-8(4-2)7-9;/h14-15,26H,4-13,16-25H2,1-3H3;9-10H,2-8,11-17H2,1H3,(H,19,20);7H,3-6H2,1-2H3,(H,9,10);2*8-9H,3-7H2,1-2H3;1H2/b15-14-;10-9-;;;;. The number of esters is 1. The topological polar surface area (TPSA) is 173 Å². The zero-order chi connectivity index (χ0) is 58.5. The number of carboxylic acids is 2. The zero-order valence-electron chi connectivity index (χ0n) is 54.0. The molecule has 0 spiro atoms. The van der Waals surface area contributed by atoms with Gasteiger partial charge in [-0.15, -0.1) is 0 Å². The second kappa shape index (κ2) is 79.0. The van der Waals surface area contributed by atoms with Gasteiger partial charge in [0.2, 0.25) is 0 Å². The Morgan fingerprint density at radius 3 is 0.987 bits per heavy atom. The van der Waals surface area contributed by atoms with Crippen LogP contribution in [0.1, 0.15) is 358 Å². The number of aliphatic carboxylic acids is 2. The van der Waals surface area contributed by atoms with Crippen LogP contribution in [0.25, 0.3) is 0 Å². The minimum Gasteiger partial charge on any atom is -0.481 e. The molecule has 0 bridgehead atoms. The van der Waals surface area contributed by atoms with Gasteiger partial charge in [0, 0.05) is 26.1 Å². The minimum atomic E-state index is -0.664. The van der Waals surface area contributed by atoms with E-state index in [0.717, 1.165) is 70.6 Å². The van der Waals surface area contributed by atoms with E-state index in [1.54, 1.807) is 0 Å². The molecule has 9 heteroatoms. The summed E-state index contributed by atoms with van der Waals surface area (Å²) in [6, 6.07) is 0. The van der Waals surface area contributed by atoms with Crippen molar-refractivity contribution in [2.75, 3.05) is 19.8 Å². The number of aliphatic hydroxyl groups is 2. The van der Waals surface area contributed by atoms with Crippen molar-refractivity contribution in [3.63, 3.8) is 0 Å². The molecule has 0 heterocycles. The van der Waals surface area contributed by atoms with Gasteiger partial charge in [-0.25, -0.2) is 0 Å². The summed E-state index contributed by atoms with van der Waals surface area (Å²) in [5.41, 5.74) is 0. The van der Waals surface area contributed by atoms with Crippen molar-refractivity contribution in [2.24, 2.45) is 23.7 Å². The summed E-state index contributed by atoms with van der Waals surface area (Å²) in [6.45, 7) is 23.0. The van der Waals surface area contributed by atoms with Crippen molar-refractivity contribution in [1.29, 1.82) is 0 Å². The summed E-state index contributed by atoms with van der Waals surface area (Å²) in [6.07, 6.45) is 62.8. The molecule has 4 unspecified atom stereocenters. The van der Waals surface area contributed by atoms with E-state index >= 15 is 0 Å². The molecule has 4 atom stereocenters. The van der Waals surface area contributed by atoms with Crippen LogP contribution in [-0.4, -0.2) is 63.6 Å². The number of ether oxygens (including phenoxy) is 1. The first-order valence-electron chi connectivity index (χ1n) is 33.5. The number of aliphatic hydroxyl groups excluding tert-OH is 2. The van der Waals surface area contributed by atoms with Crippen molar-refractivity contribution in [2.45, 2.75) is 358 Å². The molecule has 0 amide bonds. The highest BCUT2D eigenvalue weighted by Gasteiger charge is 2.13.